The molecule has 12 heteroatoms. The van der Waals surface area contributed by atoms with E-state index in [1.807, 2.05) is 0 Å². The van der Waals surface area contributed by atoms with Gasteiger partial charge in [0.15, 0.2) is 23.1 Å². The summed E-state index contributed by atoms with van der Waals surface area (Å²) in [4.78, 5) is 33.3. The van der Waals surface area contributed by atoms with Crippen molar-refractivity contribution >= 4 is 29.0 Å². The average Bonchev–Trinajstić information content (AvgIpc) is 3.73. The zero-order valence-corrected chi connectivity index (χ0v) is 20.3. The topological polar surface area (TPSA) is 151 Å². The highest BCUT2D eigenvalue weighted by Crippen LogP contribution is 2.42. The normalized spacial score (nSPS) is 15.9. The van der Waals surface area contributed by atoms with Crippen LogP contribution in [0.3, 0.4) is 0 Å². The molecule has 4 N–H and O–H groups in total. The van der Waals surface area contributed by atoms with Crippen LogP contribution in [-0.2, 0) is 10.4 Å². The van der Waals surface area contributed by atoms with Gasteiger partial charge in [0.2, 0.25) is 5.91 Å². The number of benzene rings is 1. The number of methoxy groups -OCH3 is 1. The lowest BCUT2D eigenvalue weighted by atomic mass is 9.76. The van der Waals surface area contributed by atoms with Gasteiger partial charge in [-0.3, -0.25) is 9.59 Å². The van der Waals surface area contributed by atoms with Crippen molar-refractivity contribution in [1.29, 1.82) is 0 Å². The van der Waals surface area contributed by atoms with Gasteiger partial charge >= 0.3 is 0 Å². The molecule has 0 spiro atoms. The first-order valence-electron chi connectivity index (χ1n) is 11.9. The van der Waals surface area contributed by atoms with E-state index < -0.39 is 17.3 Å². The second kappa shape index (κ2) is 9.69. The van der Waals surface area contributed by atoms with E-state index in [0.29, 0.717) is 18.4 Å². The first-order chi connectivity index (χ1) is 17.8. The Morgan fingerprint density at radius 1 is 1.11 bits per heavy atom. The minimum absolute atomic E-state index is 0.0564. The summed E-state index contributed by atoms with van der Waals surface area (Å²) in [5, 5.41) is 26.6. The van der Waals surface area contributed by atoms with Gasteiger partial charge < -0.3 is 25.8 Å². The monoisotopic (exact) mass is 507 g/mol. The van der Waals surface area contributed by atoms with Gasteiger partial charge in [-0.05, 0) is 38.2 Å². The van der Waals surface area contributed by atoms with E-state index in [-0.39, 0.29) is 51.8 Å². The summed E-state index contributed by atoms with van der Waals surface area (Å²) < 4.78 is 20.4. The number of aliphatic hydroxyl groups is 1. The molecule has 0 bridgehead atoms. The van der Waals surface area contributed by atoms with Crippen molar-refractivity contribution in [1.82, 2.24) is 25.5 Å². The van der Waals surface area contributed by atoms with Crippen LogP contribution in [0, 0.1) is 11.7 Å². The molecular formula is C25H26FN7O4. The molecule has 11 nitrogen and oxygen atoms in total. The first-order valence-corrected chi connectivity index (χ1v) is 11.9. The summed E-state index contributed by atoms with van der Waals surface area (Å²) in [6.45, 7) is 0. The molecule has 3 aromatic rings. The minimum Gasteiger partial charge on any atom is -0.494 e. The summed E-state index contributed by atoms with van der Waals surface area (Å²) in [5.41, 5.74) is 0.250. The molecule has 5 rings (SSSR count). The minimum atomic E-state index is -0.922. The molecular weight excluding hydrogens is 481 g/mol. The number of rotatable bonds is 8. The van der Waals surface area contributed by atoms with Gasteiger partial charge in [-0.2, -0.15) is 0 Å². The van der Waals surface area contributed by atoms with Crippen LogP contribution in [0.25, 0.3) is 11.4 Å². The van der Waals surface area contributed by atoms with E-state index in [1.54, 1.807) is 0 Å². The number of hydrogen-bond acceptors (Lipinski definition) is 9. The smallest absolute Gasteiger partial charge is 0.273 e. The van der Waals surface area contributed by atoms with Crippen LogP contribution in [0.5, 0.6) is 5.75 Å². The summed E-state index contributed by atoms with van der Waals surface area (Å²) in [6.07, 6.45) is 6.90. The standard InChI is InChI=1S/C25H26FN7O4/c1-27-24(35)20-17(10-19(32-33-20)31-23(34)13-4-5-13)30-18-9-15(26)8-16(21(18)37-2)22-28-11-14(12-29-22)25(36)6-3-7-25/h8-13,36H,3-7H2,1-2H3,(H,27,35)(H2,30,31,32,34). The largest absolute Gasteiger partial charge is 0.494 e. The highest BCUT2D eigenvalue weighted by molar-refractivity contribution is 6.00. The third-order valence-electron chi connectivity index (χ3n) is 6.57. The molecule has 0 atom stereocenters. The molecule has 2 aliphatic rings. The number of amides is 2. The van der Waals surface area contributed by atoms with Crippen molar-refractivity contribution in [2.75, 3.05) is 24.8 Å². The van der Waals surface area contributed by atoms with Gasteiger partial charge in [0.25, 0.3) is 5.91 Å². The maximum atomic E-state index is 14.8. The lowest BCUT2D eigenvalue weighted by Gasteiger charge is -2.36. The Hall–Kier alpha value is -4.19. The molecule has 2 amide bonds. The highest BCUT2D eigenvalue weighted by Gasteiger charge is 2.37. The van der Waals surface area contributed by atoms with Crippen molar-refractivity contribution in [2.45, 2.75) is 37.7 Å². The molecule has 0 aliphatic heterocycles. The van der Waals surface area contributed by atoms with Gasteiger partial charge in [0.1, 0.15) is 5.82 Å². The van der Waals surface area contributed by atoms with Crippen molar-refractivity contribution in [3.8, 4) is 17.1 Å². The summed E-state index contributed by atoms with van der Waals surface area (Å²) >= 11 is 0. The Labute approximate surface area is 211 Å². The summed E-state index contributed by atoms with van der Waals surface area (Å²) in [5.74, 6) is -0.796. The van der Waals surface area contributed by atoms with E-state index in [2.05, 4.69) is 36.1 Å². The molecule has 0 unspecified atom stereocenters. The van der Waals surface area contributed by atoms with Gasteiger partial charge in [-0.25, -0.2) is 14.4 Å². The van der Waals surface area contributed by atoms with E-state index in [9.17, 15) is 19.1 Å². The van der Waals surface area contributed by atoms with Crippen LogP contribution in [0.4, 0.5) is 21.6 Å². The van der Waals surface area contributed by atoms with Crippen LogP contribution in [0.2, 0.25) is 0 Å². The Kier molecular flexibility index (Phi) is 6.42. The van der Waals surface area contributed by atoms with Gasteiger partial charge in [0, 0.05) is 43.1 Å². The van der Waals surface area contributed by atoms with Crippen molar-refractivity contribution in [3.05, 3.63) is 47.7 Å². The van der Waals surface area contributed by atoms with Crippen LogP contribution >= 0.6 is 0 Å². The van der Waals surface area contributed by atoms with Gasteiger partial charge in [-0.15, -0.1) is 10.2 Å². The van der Waals surface area contributed by atoms with Crippen LogP contribution < -0.4 is 20.7 Å². The molecule has 2 fully saturated rings. The number of hydrogen-bond donors (Lipinski definition) is 4. The highest BCUT2D eigenvalue weighted by atomic mass is 19.1. The van der Waals surface area contributed by atoms with Crippen molar-refractivity contribution in [2.24, 2.45) is 5.92 Å². The van der Waals surface area contributed by atoms with Crippen LogP contribution in [0.1, 0.15) is 48.2 Å². The number of halogens is 1. The summed E-state index contributed by atoms with van der Waals surface area (Å²) in [6, 6.07) is 3.89. The lowest BCUT2D eigenvalue weighted by Crippen LogP contribution is -2.33. The van der Waals surface area contributed by atoms with E-state index in [0.717, 1.165) is 19.3 Å². The first kappa shape index (κ1) is 24.5. The maximum absolute atomic E-state index is 14.8. The van der Waals surface area contributed by atoms with Crippen LogP contribution in [-0.4, -0.2) is 51.2 Å². The molecule has 37 heavy (non-hydrogen) atoms. The second-order valence-corrected chi connectivity index (χ2v) is 9.17. The lowest BCUT2D eigenvalue weighted by molar-refractivity contribution is -0.117. The van der Waals surface area contributed by atoms with Gasteiger partial charge in [0.05, 0.1) is 29.6 Å². The molecule has 1 aromatic carbocycles. The predicted molar refractivity (Wildman–Crippen MR) is 132 cm³/mol. The molecule has 0 radical (unpaired) electrons. The maximum Gasteiger partial charge on any atom is 0.273 e. The fourth-order valence-electron chi connectivity index (χ4n) is 4.13. The van der Waals surface area contributed by atoms with E-state index in [1.165, 1.54) is 44.8 Å². The average molecular weight is 508 g/mol. The number of nitrogens with zero attached hydrogens (tertiary/aromatic N) is 4. The number of aromatic nitrogens is 4. The Balaban J connectivity index is 1.51. The molecule has 2 saturated carbocycles. The third kappa shape index (κ3) is 4.92. The van der Waals surface area contributed by atoms with Crippen molar-refractivity contribution in [3.63, 3.8) is 0 Å². The molecule has 192 valence electrons. The molecule has 2 aromatic heterocycles. The SMILES string of the molecule is CNC(=O)c1nnc(NC(=O)C2CC2)cc1Nc1cc(F)cc(-c2ncc(C3(O)CCC3)cn2)c1OC. The third-order valence-corrected chi connectivity index (χ3v) is 6.57. The molecule has 2 heterocycles. The zero-order chi connectivity index (χ0) is 26.2. The number of ether oxygens (including phenoxy) is 1. The van der Waals surface area contributed by atoms with E-state index >= 15 is 0 Å². The Morgan fingerprint density at radius 3 is 2.43 bits per heavy atom. The second-order valence-electron chi connectivity index (χ2n) is 9.17. The Bertz CT molecular complexity index is 1360. The van der Waals surface area contributed by atoms with Crippen molar-refractivity contribution < 1.29 is 23.8 Å². The van der Waals surface area contributed by atoms with Gasteiger partial charge in [-0.1, -0.05) is 0 Å². The van der Waals surface area contributed by atoms with Crippen LogP contribution in [0.15, 0.2) is 30.6 Å². The zero-order valence-electron chi connectivity index (χ0n) is 20.3. The molecule has 0 saturated heterocycles. The van der Waals surface area contributed by atoms with E-state index in [4.69, 9.17) is 4.74 Å². The number of nitrogens with one attached hydrogen (secondary N) is 3. The number of anilines is 3. The fraction of sp³-hybridized carbons (Fsp3) is 0.360. The quantitative estimate of drug-likeness (QED) is 0.361. The Morgan fingerprint density at radius 2 is 1.84 bits per heavy atom. The molecule has 2 aliphatic carbocycles. The number of carbonyl (C=O) groups excluding carboxylic acids is 2. The fourth-order valence-corrected chi connectivity index (χ4v) is 4.13. The predicted octanol–water partition coefficient (Wildman–Crippen LogP) is 2.90. The number of carbonyl (C=O) groups is 2. The summed E-state index contributed by atoms with van der Waals surface area (Å²) in [7, 11) is 2.86.